The zero-order chi connectivity index (χ0) is 13.1. The molecule has 1 amide bonds. The van der Waals surface area contributed by atoms with Crippen LogP contribution in [0.1, 0.15) is 34.6 Å². The van der Waals surface area contributed by atoms with Gasteiger partial charge in [-0.2, -0.15) is 0 Å². The largest absolute Gasteiger partial charge is 0.500 e. The summed E-state index contributed by atoms with van der Waals surface area (Å²) in [6, 6.07) is 0. The number of carbonyl (C=O) groups is 1. The maximum absolute atomic E-state index is 12.6. The van der Waals surface area contributed by atoms with E-state index in [0.29, 0.717) is 0 Å². The fraction of sp³-hybridized carbons (Fsp3) is 0.889. The van der Waals surface area contributed by atoms with E-state index in [1.807, 2.05) is 5.32 Å². The summed E-state index contributed by atoms with van der Waals surface area (Å²) in [4.78, 5) is 11.2. The Morgan fingerprint density at radius 2 is 1.69 bits per heavy atom. The zero-order valence-corrected chi connectivity index (χ0v) is 10.2. The zero-order valence-electron chi connectivity index (χ0n) is 10.2. The number of ether oxygens (including phenoxy) is 1. The molecule has 0 aliphatic rings. The molecule has 1 atom stereocenters. The van der Waals surface area contributed by atoms with E-state index in [9.17, 15) is 17.7 Å². The van der Waals surface area contributed by atoms with Gasteiger partial charge in [0, 0.05) is 5.94 Å². The van der Waals surface area contributed by atoms with Crippen molar-refractivity contribution in [2.45, 2.75) is 46.2 Å². The van der Waals surface area contributed by atoms with Crippen LogP contribution < -0.4 is 5.32 Å². The van der Waals surface area contributed by atoms with Crippen LogP contribution in [-0.4, -0.2) is 24.6 Å². The van der Waals surface area contributed by atoms with Gasteiger partial charge < -0.3 is 23.0 Å². The molecule has 0 heterocycles. The van der Waals surface area contributed by atoms with Crippen molar-refractivity contribution in [1.82, 2.24) is 5.32 Å². The number of alkyl carbamates (subject to hydrolysis) is 1. The fourth-order valence-electron chi connectivity index (χ4n) is 1.14. The molecule has 0 unspecified atom stereocenters. The van der Waals surface area contributed by atoms with Crippen molar-refractivity contribution in [2.24, 2.45) is 5.92 Å². The number of nitrogens with one attached hydrogen (secondary N) is 1. The molecule has 0 saturated heterocycles. The lowest BCUT2D eigenvalue weighted by atomic mass is 9.73. The van der Waals surface area contributed by atoms with E-state index in [1.165, 1.54) is 13.8 Å². The van der Waals surface area contributed by atoms with Gasteiger partial charge in [-0.15, -0.1) is 0 Å². The van der Waals surface area contributed by atoms with Gasteiger partial charge >= 0.3 is 13.1 Å². The Hall–Kier alpha value is -0.875. The first-order valence-electron chi connectivity index (χ1n) is 5.13. The highest BCUT2D eigenvalue weighted by molar-refractivity contribution is 6.60. The van der Waals surface area contributed by atoms with Gasteiger partial charge in [0.2, 0.25) is 0 Å². The summed E-state index contributed by atoms with van der Waals surface area (Å²) in [7, 11) is 0. The highest BCUT2D eigenvalue weighted by atomic mass is 19.4. The third kappa shape index (κ3) is 5.87. The van der Waals surface area contributed by atoms with Crippen LogP contribution >= 0.6 is 0 Å². The van der Waals surface area contributed by atoms with Crippen LogP contribution in [0.15, 0.2) is 0 Å². The molecule has 0 spiro atoms. The van der Waals surface area contributed by atoms with Crippen LogP contribution in [-0.2, 0) is 4.74 Å². The number of hydrogen-bond acceptors (Lipinski definition) is 2. The highest BCUT2D eigenvalue weighted by Gasteiger charge is 2.38. The van der Waals surface area contributed by atoms with Crippen molar-refractivity contribution >= 4 is 13.1 Å². The van der Waals surface area contributed by atoms with E-state index in [4.69, 9.17) is 4.74 Å². The van der Waals surface area contributed by atoms with Crippen molar-refractivity contribution in [3.05, 3.63) is 0 Å². The molecule has 7 heteroatoms. The van der Waals surface area contributed by atoms with Crippen LogP contribution in [0.25, 0.3) is 0 Å². The lowest BCUT2D eigenvalue weighted by Crippen LogP contribution is -2.53. The van der Waals surface area contributed by atoms with Crippen molar-refractivity contribution in [2.75, 3.05) is 0 Å². The predicted molar refractivity (Wildman–Crippen MR) is 57.1 cm³/mol. The van der Waals surface area contributed by atoms with Crippen LogP contribution in [0, 0.1) is 5.92 Å². The molecule has 0 bridgehead atoms. The standard InChI is InChI=1S/C9H18BF3NO2/c1-6(2)7(10(11,12)13)14-8(15)16-9(3,4)5/h6-7H,1-5H3,(H,14,15)/q-1/t7-/m0/s1. The molecule has 0 fully saturated rings. The third-order valence-corrected chi connectivity index (χ3v) is 1.81. The molecule has 1 N–H and O–H groups in total. The Labute approximate surface area is 93.8 Å². The molecular formula is C9H18BF3NO2-. The molecule has 0 radical (unpaired) electrons. The molecule has 0 saturated carbocycles. The van der Waals surface area contributed by atoms with Gasteiger partial charge in [-0.25, -0.2) is 4.79 Å². The van der Waals surface area contributed by atoms with Gasteiger partial charge in [-0.05, 0) is 20.8 Å². The topological polar surface area (TPSA) is 38.3 Å². The first-order chi connectivity index (χ1) is 6.93. The number of halogens is 3. The summed E-state index contributed by atoms with van der Waals surface area (Å²) < 4.78 is 42.4. The third-order valence-electron chi connectivity index (χ3n) is 1.81. The monoisotopic (exact) mass is 240 g/mol. The van der Waals surface area contributed by atoms with Gasteiger partial charge in [-0.3, -0.25) is 0 Å². The molecule has 0 aliphatic carbocycles. The normalized spacial score (nSPS) is 14.8. The molecule has 0 aromatic carbocycles. The van der Waals surface area contributed by atoms with E-state index < -0.39 is 30.5 Å². The number of rotatable bonds is 3. The second kappa shape index (κ2) is 4.97. The Morgan fingerprint density at radius 3 is 1.94 bits per heavy atom. The fourth-order valence-corrected chi connectivity index (χ4v) is 1.14. The number of carbonyl (C=O) groups excluding carboxylic acids is 1. The van der Waals surface area contributed by atoms with Crippen LogP contribution in [0.2, 0.25) is 0 Å². The summed E-state index contributed by atoms with van der Waals surface area (Å²) in [5.41, 5.74) is -0.801. The molecule has 16 heavy (non-hydrogen) atoms. The lowest BCUT2D eigenvalue weighted by molar-refractivity contribution is 0.0499. The number of amides is 1. The van der Waals surface area contributed by atoms with Crippen LogP contribution in [0.3, 0.4) is 0 Å². The summed E-state index contributed by atoms with van der Waals surface area (Å²) in [5, 5.41) is 1.85. The number of hydrogen-bond donors (Lipinski definition) is 1. The quantitative estimate of drug-likeness (QED) is 0.770. The van der Waals surface area contributed by atoms with E-state index in [2.05, 4.69) is 0 Å². The molecular weight excluding hydrogens is 222 g/mol. The van der Waals surface area contributed by atoms with Crippen molar-refractivity contribution < 1.29 is 22.5 Å². The average molecular weight is 240 g/mol. The summed E-state index contributed by atoms with van der Waals surface area (Å²) in [5.74, 6) is -2.54. The second-order valence-corrected chi connectivity index (χ2v) is 5.04. The van der Waals surface area contributed by atoms with Crippen LogP contribution in [0.4, 0.5) is 17.7 Å². The van der Waals surface area contributed by atoms with E-state index in [-0.39, 0.29) is 0 Å². The maximum Gasteiger partial charge on any atom is 0.500 e. The summed E-state index contributed by atoms with van der Waals surface area (Å²) in [6.45, 7) is 2.47. The maximum atomic E-state index is 12.6. The van der Waals surface area contributed by atoms with E-state index in [0.717, 1.165) is 0 Å². The van der Waals surface area contributed by atoms with Crippen molar-refractivity contribution in [1.29, 1.82) is 0 Å². The first-order valence-corrected chi connectivity index (χ1v) is 5.13. The van der Waals surface area contributed by atoms with Gasteiger partial charge in [0.15, 0.2) is 0 Å². The van der Waals surface area contributed by atoms with E-state index in [1.54, 1.807) is 20.8 Å². The van der Waals surface area contributed by atoms with Gasteiger partial charge in [0.05, 0.1) is 0 Å². The second-order valence-electron chi connectivity index (χ2n) is 5.04. The van der Waals surface area contributed by atoms with Gasteiger partial charge in [-0.1, -0.05) is 19.8 Å². The van der Waals surface area contributed by atoms with Crippen molar-refractivity contribution in [3.63, 3.8) is 0 Å². The molecule has 3 nitrogen and oxygen atoms in total. The average Bonchev–Trinajstić information content (AvgIpc) is 1.93. The Bertz CT molecular complexity index is 248. The van der Waals surface area contributed by atoms with Gasteiger partial charge in [0.25, 0.3) is 0 Å². The molecule has 0 aliphatic heterocycles. The highest BCUT2D eigenvalue weighted by Crippen LogP contribution is 2.21. The molecule has 0 aromatic rings. The van der Waals surface area contributed by atoms with Crippen LogP contribution in [0.5, 0.6) is 0 Å². The SMILES string of the molecule is CC(C)[C@H](NC(=O)OC(C)(C)C)[B-](F)(F)F. The Morgan fingerprint density at radius 1 is 1.25 bits per heavy atom. The Kier molecular flexibility index (Phi) is 4.70. The lowest BCUT2D eigenvalue weighted by Gasteiger charge is -2.32. The first kappa shape index (κ1) is 15.1. The van der Waals surface area contributed by atoms with E-state index >= 15 is 0 Å². The Balaban J connectivity index is 4.49. The minimum Gasteiger partial charge on any atom is -0.448 e. The minimum atomic E-state index is -5.11. The summed E-state index contributed by atoms with van der Waals surface area (Å²) >= 11 is 0. The molecule has 96 valence electrons. The molecule has 0 aromatic heterocycles. The minimum absolute atomic E-state index is 0.715. The summed E-state index contributed by atoms with van der Waals surface area (Å²) in [6.07, 6.45) is -1.04. The van der Waals surface area contributed by atoms with Gasteiger partial charge in [0.1, 0.15) is 5.60 Å². The predicted octanol–water partition coefficient (Wildman–Crippen LogP) is 2.92. The van der Waals surface area contributed by atoms with Crippen molar-refractivity contribution in [3.8, 4) is 0 Å². The molecule has 0 rings (SSSR count). The smallest absolute Gasteiger partial charge is 0.448 e.